The van der Waals surface area contributed by atoms with Crippen molar-refractivity contribution in [2.75, 3.05) is 26.0 Å². The first-order chi connectivity index (χ1) is 9.40. The first kappa shape index (κ1) is 16.7. The average molecular weight is 302 g/mol. The van der Waals surface area contributed by atoms with Crippen molar-refractivity contribution in [2.45, 2.75) is 24.7 Å². The largest absolute Gasteiger partial charge is 0.495 e. The second-order valence-corrected chi connectivity index (χ2v) is 6.50. The molecule has 0 aliphatic rings. The summed E-state index contributed by atoms with van der Waals surface area (Å²) in [4.78, 5) is 0.124. The molecule has 0 saturated carbocycles. The standard InChI is InChI=1S/C13H22N2O4S/c1-10(9-16)4-3-7-15-20(17,18)11-5-6-12(14)13(8-11)19-2/h5-6,8,10,15-16H,3-4,7,9,14H2,1-2H3. The molecule has 1 unspecified atom stereocenters. The van der Waals surface area contributed by atoms with Crippen LogP contribution in [0.25, 0.3) is 0 Å². The summed E-state index contributed by atoms with van der Waals surface area (Å²) in [6.45, 7) is 2.36. The van der Waals surface area contributed by atoms with Crippen molar-refractivity contribution < 1.29 is 18.3 Å². The minimum absolute atomic E-state index is 0.113. The number of aliphatic hydroxyl groups is 1. The number of hydrogen-bond acceptors (Lipinski definition) is 5. The van der Waals surface area contributed by atoms with Crippen LogP contribution in [-0.4, -0.2) is 33.8 Å². The van der Waals surface area contributed by atoms with Gasteiger partial charge >= 0.3 is 0 Å². The SMILES string of the molecule is COc1cc(S(=O)(=O)NCCCC(C)CO)ccc1N. The number of nitrogen functional groups attached to an aromatic ring is 1. The summed E-state index contributed by atoms with van der Waals surface area (Å²) in [5.74, 6) is 0.512. The highest BCUT2D eigenvalue weighted by atomic mass is 32.2. The highest BCUT2D eigenvalue weighted by Gasteiger charge is 2.15. The van der Waals surface area contributed by atoms with E-state index in [-0.39, 0.29) is 17.4 Å². The molecule has 7 heteroatoms. The third kappa shape index (κ3) is 4.66. The number of rotatable bonds is 8. The second kappa shape index (κ2) is 7.47. The van der Waals surface area contributed by atoms with E-state index in [9.17, 15) is 8.42 Å². The van der Waals surface area contributed by atoms with Crippen molar-refractivity contribution in [3.05, 3.63) is 18.2 Å². The smallest absolute Gasteiger partial charge is 0.240 e. The minimum atomic E-state index is -3.56. The van der Waals surface area contributed by atoms with Gasteiger partial charge in [0, 0.05) is 19.2 Å². The van der Waals surface area contributed by atoms with Crippen molar-refractivity contribution in [1.29, 1.82) is 0 Å². The van der Waals surface area contributed by atoms with E-state index >= 15 is 0 Å². The van der Waals surface area contributed by atoms with E-state index in [1.165, 1.54) is 25.3 Å². The zero-order valence-corrected chi connectivity index (χ0v) is 12.6. The monoisotopic (exact) mass is 302 g/mol. The predicted octanol–water partition coefficient (Wildman–Crippen LogP) is 0.964. The van der Waals surface area contributed by atoms with Crippen molar-refractivity contribution in [3.8, 4) is 5.75 Å². The van der Waals surface area contributed by atoms with Gasteiger partial charge in [0.25, 0.3) is 0 Å². The Hall–Kier alpha value is -1.31. The van der Waals surface area contributed by atoms with Crippen LogP contribution in [-0.2, 0) is 10.0 Å². The fraction of sp³-hybridized carbons (Fsp3) is 0.538. The molecule has 0 heterocycles. The van der Waals surface area contributed by atoms with Crippen LogP contribution in [0.2, 0.25) is 0 Å². The second-order valence-electron chi connectivity index (χ2n) is 4.73. The van der Waals surface area contributed by atoms with Gasteiger partial charge in [-0.15, -0.1) is 0 Å². The molecule has 1 rings (SSSR count). The Balaban J connectivity index is 2.65. The van der Waals surface area contributed by atoms with Crippen LogP contribution < -0.4 is 15.2 Å². The third-order valence-electron chi connectivity index (χ3n) is 2.99. The quantitative estimate of drug-likeness (QED) is 0.490. The highest BCUT2D eigenvalue weighted by Crippen LogP contribution is 2.24. The number of nitrogens with two attached hydrogens (primary N) is 1. The maximum absolute atomic E-state index is 12.1. The van der Waals surface area contributed by atoms with E-state index in [4.69, 9.17) is 15.6 Å². The number of ether oxygens (including phenoxy) is 1. The maximum atomic E-state index is 12.1. The van der Waals surface area contributed by atoms with Crippen LogP contribution in [0.5, 0.6) is 5.75 Å². The van der Waals surface area contributed by atoms with Crippen LogP contribution in [0.1, 0.15) is 19.8 Å². The van der Waals surface area contributed by atoms with Crippen molar-refractivity contribution in [1.82, 2.24) is 4.72 Å². The Labute approximate surface area is 120 Å². The van der Waals surface area contributed by atoms with Gasteiger partial charge in [-0.2, -0.15) is 0 Å². The van der Waals surface area contributed by atoms with Gasteiger partial charge in [-0.05, 0) is 30.9 Å². The summed E-state index contributed by atoms with van der Waals surface area (Å²) < 4.78 is 31.7. The van der Waals surface area contributed by atoms with Crippen molar-refractivity contribution >= 4 is 15.7 Å². The number of sulfonamides is 1. The summed E-state index contributed by atoms with van der Waals surface area (Å²) in [7, 11) is -2.13. The van der Waals surface area contributed by atoms with Crippen LogP contribution in [0.4, 0.5) is 5.69 Å². The van der Waals surface area contributed by atoms with Gasteiger partial charge < -0.3 is 15.6 Å². The average Bonchev–Trinajstić information content (AvgIpc) is 2.43. The number of nitrogens with one attached hydrogen (secondary N) is 1. The molecule has 4 N–H and O–H groups in total. The molecule has 0 radical (unpaired) electrons. The van der Waals surface area contributed by atoms with Gasteiger partial charge in [0.1, 0.15) is 5.75 Å². The molecule has 0 aliphatic carbocycles. The lowest BCUT2D eigenvalue weighted by molar-refractivity contribution is 0.228. The van der Waals surface area contributed by atoms with E-state index in [1.807, 2.05) is 6.92 Å². The molecule has 6 nitrogen and oxygen atoms in total. The molecular formula is C13H22N2O4S. The third-order valence-corrected chi connectivity index (χ3v) is 4.45. The summed E-state index contributed by atoms with van der Waals surface area (Å²) in [5, 5.41) is 8.89. The Morgan fingerprint density at radius 2 is 2.15 bits per heavy atom. The summed E-state index contributed by atoms with van der Waals surface area (Å²) >= 11 is 0. The molecule has 0 amide bonds. The molecule has 0 spiro atoms. The Morgan fingerprint density at radius 1 is 1.45 bits per heavy atom. The zero-order chi connectivity index (χ0) is 15.2. The molecular weight excluding hydrogens is 280 g/mol. The minimum Gasteiger partial charge on any atom is -0.495 e. The highest BCUT2D eigenvalue weighted by molar-refractivity contribution is 7.89. The molecule has 0 aliphatic heterocycles. The molecule has 1 atom stereocenters. The van der Waals surface area contributed by atoms with E-state index in [0.717, 1.165) is 6.42 Å². The van der Waals surface area contributed by atoms with Crippen LogP contribution in [0.15, 0.2) is 23.1 Å². The summed E-state index contributed by atoms with van der Waals surface area (Å²) in [5.41, 5.74) is 6.04. The molecule has 1 aromatic carbocycles. The predicted molar refractivity (Wildman–Crippen MR) is 78.1 cm³/mol. The lowest BCUT2D eigenvalue weighted by Gasteiger charge is -2.11. The maximum Gasteiger partial charge on any atom is 0.240 e. The van der Waals surface area contributed by atoms with Crippen molar-refractivity contribution in [3.63, 3.8) is 0 Å². The number of hydrogen-bond donors (Lipinski definition) is 3. The first-order valence-electron chi connectivity index (χ1n) is 6.44. The molecule has 1 aromatic rings. The topological polar surface area (TPSA) is 102 Å². The van der Waals surface area contributed by atoms with E-state index in [1.54, 1.807) is 0 Å². The van der Waals surface area contributed by atoms with Gasteiger partial charge in [-0.1, -0.05) is 6.92 Å². The van der Waals surface area contributed by atoms with Crippen LogP contribution in [0, 0.1) is 5.92 Å². The fourth-order valence-corrected chi connectivity index (χ4v) is 2.78. The Kier molecular flexibility index (Phi) is 6.25. The van der Waals surface area contributed by atoms with Gasteiger partial charge in [0.2, 0.25) is 10.0 Å². The Bertz CT molecular complexity index is 531. The van der Waals surface area contributed by atoms with Gasteiger partial charge in [0.05, 0.1) is 17.7 Å². The van der Waals surface area contributed by atoms with Crippen LogP contribution >= 0.6 is 0 Å². The Morgan fingerprint density at radius 3 is 2.75 bits per heavy atom. The molecule has 0 saturated heterocycles. The lowest BCUT2D eigenvalue weighted by atomic mass is 10.1. The van der Waals surface area contributed by atoms with Gasteiger partial charge in [-0.3, -0.25) is 0 Å². The lowest BCUT2D eigenvalue weighted by Crippen LogP contribution is -2.25. The van der Waals surface area contributed by atoms with Crippen LogP contribution in [0.3, 0.4) is 0 Å². The van der Waals surface area contributed by atoms with E-state index < -0.39 is 10.0 Å². The molecule has 114 valence electrons. The number of aliphatic hydroxyl groups excluding tert-OH is 1. The van der Waals surface area contributed by atoms with Gasteiger partial charge in [0.15, 0.2) is 0 Å². The normalized spacial score (nSPS) is 13.2. The van der Waals surface area contributed by atoms with Crippen molar-refractivity contribution in [2.24, 2.45) is 5.92 Å². The number of benzene rings is 1. The summed E-state index contributed by atoms with van der Waals surface area (Å²) in [6.07, 6.45) is 1.44. The first-order valence-corrected chi connectivity index (χ1v) is 7.93. The van der Waals surface area contributed by atoms with E-state index in [2.05, 4.69) is 4.72 Å². The molecule has 0 bridgehead atoms. The number of methoxy groups -OCH3 is 1. The summed E-state index contributed by atoms with van der Waals surface area (Å²) in [6, 6.07) is 4.34. The molecule has 20 heavy (non-hydrogen) atoms. The van der Waals surface area contributed by atoms with Gasteiger partial charge in [-0.25, -0.2) is 13.1 Å². The zero-order valence-electron chi connectivity index (χ0n) is 11.8. The molecule has 0 aromatic heterocycles. The fourth-order valence-electron chi connectivity index (χ4n) is 1.69. The van der Waals surface area contributed by atoms with E-state index in [0.29, 0.717) is 24.4 Å². The number of anilines is 1. The molecule has 0 fully saturated rings.